The Morgan fingerprint density at radius 3 is 2.64 bits per heavy atom. The molecular formula is C32H28ClFN6OS. The number of piperazine rings is 1. The molecule has 4 heterocycles. The van der Waals surface area contributed by atoms with E-state index < -0.39 is 0 Å². The van der Waals surface area contributed by atoms with Crippen molar-refractivity contribution in [2.24, 2.45) is 0 Å². The Morgan fingerprint density at radius 1 is 1.00 bits per heavy atom. The summed E-state index contributed by atoms with van der Waals surface area (Å²) in [4.78, 5) is 26.8. The minimum Gasteiger partial charge on any atom is -0.367 e. The van der Waals surface area contributed by atoms with Gasteiger partial charge in [0, 0.05) is 70.2 Å². The van der Waals surface area contributed by atoms with Gasteiger partial charge in [-0.3, -0.25) is 9.36 Å². The quantitative estimate of drug-likeness (QED) is 0.246. The largest absolute Gasteiger partial charge is 0.367 e. The van der Waals surface area contributed by atoms with Crippen LogP contribution in [0.3, 0.4) is 0 Å². The smallest absolute Gasteiger partial charge is 0.260 e. The molecule has 2 aliphatic rings. The first-order valence-electron chi connectivity index (χ1n) is 14.0. The molecule has 0 spiro atoms. The highest BCUT2D eigenvalue weighted by Crippen LogP contribution is 2.36. The fourth-order valence-corrected chi connectivity index (χ4v) is 7.13. The van der Waals surface area contributed by atoms with Crippen molar-refractivity contribution in [1.82, 2.24) is 19.9 Å². The van der Waals surface area contributed by atoms with Gasteiger partial charge in [0.05, 0.1) is 11.7 Å². The zero-order valence-electron chi connectivity index (χ0n) is 22.7. The van der Waals surface area contributed by atoms with Gasteiger partial charge in [-0.15, -0.1) is 11.8 Å². The Labute approximate surface area is 251 Å². The third-order valence-electron chi connectivity index (χ3n) is 7.82. The Bertz CT molecular complexity index is 1860. The van der Waals surface area contributed by atoms with Gasteiger partial charge in [0.1, 0.15) is 11.5 Å². The van der Waals surface area contributed by atoms with Crippen molar-refractivity contribution in [1.29, 1.82) is 0 Å². The SMILES string of the molecule is O=c1c(-c2ccccc2Cl)cc2cnc(Nc3ccc(N4CCNCC4)c(F)c3)nc2n1C1CSc2ccccc2C1. The molecule has 2 aliphatic heterocycles. The van der Waals surface area contributed by atoms with Crippen LogP contribution < -0.4 is 21.1 Å². The van der Waals surface area contributed by atoms with Gasteiger partial charge in [0.15, 0.2) is 0 Å². The van der Waals surface area contributed by atoms with Crippen LogP contribution in [0.5, 0.6) is 0 Å². The van der Waals surface area contributed by atoms with Crippen LogP contribution in [0, 0.1) is 5.82 Å². The second kappa shape index (κ2) is 11.4. The Kier molecular flexibility index (Phi) is 7.31. The molecule has 1 unspecified atom stereocenters. The minimum absolute atomic E-state index is 0.124. The Hall–Kier alpha value is -3.92. The van der Waals surface area contributed by atoms with Crippen LogP contribution >= 0.6 is 23.4 Å². The van der Waals surface area contributed by atoms with Crippen molar-refractivity contribution >= 4 is 51.7 Å². The lowest BCUT2D eigenvalue weighted by Crippen LogP contribution is -2.43. The summed E-state index contributed by atoms with van der Waals surface area (Å²) in [6, 6.07) is 22.4. The second-order valence-electron chi connectivity index (χ2n) is 10.5. The van der Waals surface area contributed by atoms with E-state index in [1.165, 1.54) is 16.5 Å². The third kappa shape index (κ3) is 5.12. The number of nitrogens with one attached hydrogen (secondary N) is 2. The molecule has 2 aromatic heterocycles. The molecule has 1 fully saturated rings. The van der Waals surface area contributed by atoms with Gasteiger partial charge in [-0.2, -0.15) is 4.98 Å². The molecule has 10 heteroatoms. The molecule has 42 heavy (non-hydrogen) atoms. The summed E-state index contributed by atoms with van der Waals surface area (Å²) in [7, 11) is 0. The molecule has 0 saturated carbocycles. The number of nitrogens with zero attached hydrogens (tertiary/aromatic N) is 4. The normalized spacial score (nSPS) is 16.8. The van der Waals surface area contributed by atoms with E-state index in [4.69, 9.17) is 16.6 Å². The van der Waals surface area contributed by atoms with Crippen LogP contribution in [-0.2, 0) is 6.42 Å². The summed E-state index contributed by atoms with van der Waals surface area (Å²) in [5, 5.41) is 7.67. The number of fused-ring (bicyclic) bond motifs is 2. The number of hydrogen-bond acceptors (Lipinski definition) is 7. The van der Waals surface area contributed by atoms with Gasteiger partial charge in [0.2, 0.25) is 5.95 Å². The van der Waals surface area contributed by atoms with Gasteiger partial charge in [-0.1, -0.05) is 48.0 Å². The average Bonchev–Trinajstić information content (AvgIpc) is 3.01. The molecule has 7 nitrogen and oxygen atoms in total. The molecule has 1 atom stereocenters. The van der Waals surface area contributed by atoms with Crippen LogP contribution in [0.4, 0.5) is 21.7 Å². The predicted molar refractivity (Wildman–Crippen MR) is 169 cm³/mol. The first-order valence-corrected chi connectivity index (χ1v) is 15.3. The van der Waals surface area contributed by atoms with E-state index >= 15 is 4.39 Å². The van der Waals surface area contributed by atoms with Gasteiger partial charge >= 0.3 is 0 Å². The topological polar surface area (TPSA) is 75.1 Å². The predicted octanol–water partition coefficient (Wildman–Crippen LogP) is 6.29. The lowest BCUT2D eigenvalue weighted by Gasteiger charge is -2.29. The summed E-state index contributed by atoms with van der Waals surface area (Å²) < 4.78 is 16.9. The molecular weight excluding hydrogens is 571 g/mol. The molecule has 0 bridgehead atoms. The fourth-order valence-electron chi connectivity index (χ4n) is 5.75. The summed E-state index contributed by atoms with van der Waals surface area (Å²) in [6.07, 6.45) is 2.41. The van der Waals surface area contributed by atoms with Crippen molar-refractivity contribution in [3.63, 3.8) is 0 Å². The molecule has 1 saturated heterocycles. The molecule has 7 rings (SSSR count). The van der Waals surface area contributed by atoms with Crippen LogP contribution in [-0.4, -0.2) is 46.5 Å². The molecule has 2 N–H and O–H groups in total. The lowest BCUT2D eigenvalue weighted by atomic mass is 10.0. The summed E-state index contributed by atoms with van der Waals surface area (Å²) in [6.45, 7) is 3.18. The van der Waals surface area contributed by atoms with Gasteiger partial charge in [0.25, 0.3) is 5.56 Å². The summed E-state index contributed by atoms with van der Waals surface area (Å²) in [5.74, 6) is 0.713. The number of hydrogen-bond donors (Lipinski definition) is 2. The van der Waals surface area contributed by atoms with Crippen molar-refractivity contribution in [2.45, 2.75) is 17.4 Å². The maximum atomic E-state index is 15.1. The van der Waals surface area contributed by atoms with Crippen molar-refractivity contribution in [3.8, 4) is 11.1 Å². The first-order chi connectivity index (χ1) is 20.5. The van der Waals surface area contributed by atoms with Crippen molar-refractivity contribution < 1.29 is 4.39 Å². The van der Waals surface area contributed by atoms with Crippen LogP contribution in [0.2, 0.25) is 5.02 Å². The summed E-state index contributed by atoms with van der Waals surface area (Å²) >= 11 is 8.29. The van der Waals surface area contributed by atoms with E-state index in [2.05, 4.69) is 27.8 Å². The van der Waals surface area contributed by atoms with E-state index in [-0.39, 0.29) is 17.4 Å². The van der Waals surface area contributed by atoms with E-state index in [1.54, 1.807) is 34.7 Å². The monoisotopic (exact) mass is 598 g/mol. The van der Waals surface area contributed by atoms with E-state index in [0.29, 0.717) is 45.5 Å². The van der Waals surface area contributed by atoms with Crippen LogP contribution in [0.1, 0.15) is 11.6 Å². The average molecular weight is 599 g/mol. The second-order valence-corrected chi connectivity index (χ2v) is 12.0. The molecule has 3 aromatic carbocycles. The van der Waals surface area contributed by atoms with E-state index in [1.807, 2.05) is 47.4 Å². The lowest BCUT2D eigenvalue weighted by molar-refractivity contribution is 0.540. The number of thioether (sulfide) groups is 1. The van der Waals surface area contributed by atoms with Crippen molar-refractivity contribution in [2.75, 3.05) is 42.1 Å². The maximum Gasteiger partial charge on any atom is 0.260 e. The van der Waals surface area contributed by atoms with E-state index in [0.717, 1.165) is 37.3 Å². The number of halogens is 2. The minimum atomic E-state index is -0.304. The highest BCUT2D eigenvalue weighted by Gasteiger charge is 2.26. The first kappa shape index (κ1) is 26.9. The number of aromatic nitrogens is 3. The van der Waals surface area contributed by atoms with Crippen LogP contribution in [0.15, 0.2) is 88.7 Å². The zero-order chi connectivity index (χ0) is 28.6. The number of rotatable bonds is 5. The maximum absolute atomic E-state index is 15.1. The van der Waals surface area contributed by atoms with Gasteiger partial charge in [-0.25, -0.2) is 9.37 Å². The molecule has 212 valence electrons. The summed E-state index contributed by atoms with van der Waals surface area (Å²) in [5.41, 5.74) is 3.87. The highest BCUT2D eigenvalue weighted by molar-refractivity contribution is 7.99. The molecule has 0 amide bonds. The molecule has 0 aliphatic carbocycles. The zero-order valence-corrected chi connectivity index (χ0v) is 24.3. The molecule has 5 aromatic rings. The highest BCUT2D eigenvalue weighted by atomic mass is 35.5. The molecule has 0 radical (unpaired) electrons. The standard InChI is InChI=1S/C32H28ClFN6OS/c33-26-7-3-2-6-24(26)25-16-21-18-36-32(37-22-9-10-28(27(34)17-22)39-13-11-35-12-14-39)38-30(21)40(31(25)41)23-15-20-5-1-4-8-29(20)42-19-23/h1-10,16-18,23,35H,11-15,19H2,(H,36,37,38). The number of pyridine rings is 1. The Balaban J connectivity index is 1.30. The number of anilines is 3. The van der Waals surface area contributed by atoms with Crippen LogP contribution in [0.25, 0.3) is 22.2 Å². The van der Waals surface area contributed by atoms with Crippen molar-refractivity contribution in [3.05, 3.63) is 106 Å². The van der Waals surface area contributed by atoms with Gasteiger partial charge < -0.3 is 15.5 Å². The fraction of sp³-hybridized carbons (Fsp3) is 0.219. The number of benzene rings is 3. The Morgan fingerprint density at radius 2 is 1.81 bits per heavy atom. The van der Waals surface area contributed by atoms with Gasteiger partial charge in [-0.05, 0) is 48.4 Å². The van der Waals surface area contributed by atoms with E-state index in [9.17, 15) is 4.79 Å². The third-order valence-corrected chi connectivity index (χ3v) is 9.41.